The van der Waals surface area contributed by atoms with Crippen LogP contribution in [0.2, 0.25) is 0 Å². The quantitative estimate of drug-likeness (QED) is 0.268. The van der Waals surface area contributed by atoms with Gasteiger partial charge in [-0.3, -0.25) is 0 Å². The Morgan fingerprint density at radius 2 is 1.80 bits per heavy atom. The van der Waals surface area contributed by atoms with Gasteiger partial charge in [-0.2, -0.15) is 0 Å². The van der Waals surface area contributed by atoms with Crippen molar-refractivity contribution in [3.8, 4) is 0 Å². The van der Waals surface area contributed by atoms with Gasteiger partial charge in [0.25, 0.3) is 6.23 Å². The van der Waals surface area contributed by atoms with Crippen molar-refractivity contribution in [3.05, 3.63) is 0 Å². The summed E-state index contributed by atoms with van der Waals surface area (Å²) < 4.78 is 0. The molecule has 0 radical (unpaired) electrons. The highest BCUT2D eigenvalue weighted by Gasteiger charge is 2.30. The summed E-state index contributed by atoms with van der Waals surface area (Å²) >= 11 is 0. The fourth-order valence-electron chi connectivity index (χ4n) is 0.560. The van der Waals surface area contributed by atoms with Crippen molar-refractivity contribution in [2.75, 3.05) is 0 Å². The van der Waals surface area contributed by atoms with Crippen LogP contribution >= 0.6 is 0 Å². The number of aliphatic hydroxyl groups is 1. The van der Waals surface area contributed by atoms with Gasteiger partial charge in [0, 0.05) is 6.42 Å². The third-order valence-electron chi connectivity index (χ3n) is 1.22. The molecule has 5 nitrogen and oxygen atoms in total. The molecule has 0 heterocycles. The molecule has 0 fully saturated rings. The average molecular weight is 152 g/mol. The van der Waals surface area contributed by atoms with Crippen LogP contribution in [0.1, 0.15) is 26.2 Å². The van der Waals surface area contributed by atoms with Crippen LogP contribution in [0.4, 0.5) is 0 Å². The molecular formula is C5H14NO4+. The van der Waals surface area contributed by atoms with Crippen molar-refractivity contribution >= 4 is 0 Å². The predicted octanol–water partition coefficient (Wildman–Crippen LogP) is 0.479. The highest BCUT2D eigenvalue weighted by molar-refractivity contribution is 4.37. The molecule has 1 unspecified atom stereocenters. The maximum absolute atomic E-state index is 8.74. The van der Waals surface area contributed by atoms with Gasteiger partial charge in [-0.25, -0.2) is 0 Å². The molecule has 0 bridgehead atoms. The first-order valence-electron chi connectivity index (χ1n) is 3.23. The molecular weight excluding hydrogens is 138 g/mol. The predicted molar refractivity (Wildman–Crippen MR) is 31.2 cm³/mol. The van der Waals surface area contributed by atoms with Crippen molar-refractivity contribution < 1.29 is 25.7 Å². The highest BCUT2D eigenvalue weighted by Crippen LogP contribution is 2.06. The molecule has 10 heavy (non-hydrogen) atoms. The molecule has 62 valence electrons. The van der Waals surface area contributed by atoms with E-state index in [4.69, 9.17) is 20.7 Å². The van der Waals surface area contributed by atoms with Crippen molar-refractivity contribution in [1.82, 2.24) is 0 Å². The van der Waals surface area contributed by atoms with Crippen LogP contribution in [-0.4, -0.2) is 31.9 Å². The molecule has 0 aliphatic heterocycles. The number of rotatable bonds is 4. The summed E-state index contributed by atoms with van der Waals surface area (Å²) in [5.41, 5.74) is 0. The van der Waals surface area contributed by atoms with Crippen LogP contribution in [0.5, 0.6) is 0 Å². The minimum absolute atomic E-state index is 0.167. The Bertz CT molecular complexity index is 90.1. The highest BCUT2D eigenvalue weighted by atomic mass is 17.1. The molecule has 0 saturated carbocycles. The molecule has 0 saturated heterocycles. The third-order valence-corrected chi connectivity index (χ3v) is 1.22. The number of aliphatic hydroxyl groups excluding tert-OH is 1. The summed E-state index contributed by atoms with van der Waals surface area (Å²) in [5, 5.41) is 33.7. The molecule has 1 atom stereocenters. The van der Waals surface area contributed by atoms with E-state index in [0.29, 0.717) is 6.42 Å². The Hall–Kier alpha value is -0.200. The zero-order valence-electron chi connectivity index (χ0n) is 5.93. The van der Waals surface area contributed by atoms with Crippen LogP contribution in [0.25, 0.3) is 0 Å². The molecule has 0 aromatic carbocycles. The lowest BCUT2D eigenvalue weighted by Crippen LogP contribution is -2.46. The maximum Gasteiger partial charge on any atom is 0.287 e. The van der Waals surface area contributed by atoms with Crippen molar-refractivity contribution in [1.29, 1.82) is 0 Å². The van der Waals surface area contributed by atoms with Gasteiger partial charge >= 0.3 is 0 Å². The van der Waals surface area contributed by atoms with E-state index in [9.17, 15) is 0 Å². The van der Waals surface area contributed by atoms with Gasteiger partial charge in [0.05, 0.1) is 0 Å². The topological polar surface area (TPSA) is 80.9 Å². The maximum atomic E-state index is 8.74. The summed E-state index contributed by atoms with van der Waals surface area (Å²) in [4.78, 5) is -2.35. The van der Waals surface area contributed by atoms with Gasteiger partial charge in [0.1, 0.15) is 4.97 Å². The van der Waals surface area contributed by atoms with Crippen molar-refractivity contribution in [2.24, 2.45) is 0 Å². The Balaban J connectivity index is 3.52. The number of hydrogen-bond donors (Lipinski definition) is 4. The fraction of sp³-hybridized carbons (Fsp3) is 1.00. The fourth-order valence-corrected chi connectivity index (χ4v) is 0.560. The second kappa shape index (κ2) is 3.85. The Morgan fingerprint density at radius 1 is 1.30 bits per heavy atom. The summed E-state index contributed by atoms with van der Waals surface area (Å²) in [6, 6.07) is 0. The van der Waals surface area contributed by atoms with E-state index >= 15 is 0 Å². The largest absolute Gasteiger partial charge is 0.338 e. The molecule has 5 heteroatoms. The molecule has 0 aromatic heterocycles. The van der Waals surface area contributed by atoms with Gasteiger partial charge in [0.2, 0.25) is 0 Å². The monoisotopic (exact) mass is 152 g/mol. The van der Waals surface area contributed by atoms with Crippen LogP contribution < -0.4 is 0 Å². The van der Waals surface area contributed by atoms with E-state index in [1.165, 1.54) is 0 Å². The smallest absolute Gasteiger partial charge is 0.287 e. The van der Waals surface area contributed by atoms with Gasteiger partial charge in [-0.15, -0.1) is 15.6 Å². The van der Waals surface area contributed by atoms with Crippen molar-refractivity contribution in [2.45, 2.75) is 32.4 Å². The Labute approximate surface area is 59.2 Å². The van der Waals surface area contributed by atoms with Gasteiger partial charge in [-0.1, -0.05) is 13.3 Å². The van der Waals surface area contributed by atoms with Gasteiger partial charge in [0.15, 0.2) is 0 Å². The number of quaternary nitrogens is 1. The number of hydroxylamine groups is 3. The zero-order valence-corrected chi connectivity index (χ0v) is 5.93. The first-order chi connectivity index (χ1) is 4.48. The van der Waals surface area contributed by atoms with Gasteiger partial charge in [-0.05, 0) is 6.42 Å². The summed E-state index contributed by atoms with van der Waals surface area (Å²) in [6.07, 6.45) is 0.111. The molecule has 0 amide bonds. The Morgan fingerprint density at radius 3 is 2.10 bits per heavy atom. The van der Waals surface area contributed by atoms with Gasteiger partial charge < -0.3 is 5.11 Å². The van der Waals surface area contributed by atoms with E-state index in [0.717, 1.165) is 6.42 Å². The van der Waals surface area contributed by atoms with Crippen LogP contribution in [-0.2, 0) is 0 Å². The normalized spacial score (nSPS) is 15.3. The van der Waals surface area contributed by atoms with E-state index in [1.54, 1.807) is 0 Å². The summed E-state index contributed by atoms with van der Waals surface area (Å²) in [7, 11) is 0. The van der Waals surface area contributed by atoms with E-state index < -0.39 is 11.2 Å². The zero-order chi connectivity index (χ0) is 8.20. The molecule has 4 N–H and O–H groups in total. The van der Waals surface area contributed by atoms with Crippen LogP contribution in [0, 0.1) is 0 Å². The number of hydrogen-bond acceptors (Lipinski definition) is 4. The lowest BCUT2D eigenvalue weighted by atomic mass is 10.2. The minimum atomic E-state index is -2.35. The first-order valence-corrected chi connectivity index (χ1v) is 3.23. The second-order valence-electron chi connectivity index (χ2n) is 2.24. The average Bonchev–Trinajstić information content (AvgIpc) is 1.80. The molecule has 0 spiro atoms. The van der Waals surface area contributed by atoms with E-state index in [1.807, 2.05) is 6.92 Å². The molecule has 0 aromatic rings. The van der Waals surface area contributed by atoms with Crippen molar-refractivity contribution in [3.63, 3.8) is 0 Å². The second-order valence-corrected chi connectivity index (χ2v) is 2.24. The third kappa shape index (κ3) is 3.76. The van der Waals surface area contributed by atoms with E-state index in [2.05, 4.69) is 0 Å². The number of nitrogens with zero attached hydrogens (tertiary/aromatic N) is 1. The SMILES string of the molecule is CCCCC(O)[N+](O)(O)O. The van der Waals surface area contributed by atoms with E-state index in [-0.39, 0.29) is 6.42 Å². The summed E-state index contributed by atoms with van der Waals surface area (Å²) in [6.45, 7) is 1.90. The molecule has 0 aliphatic carbocycles. The lowest BCUT2D eigenvalue weighted by Gasteiger charge is -2.16. The minimum Gasteiger partial charge on any atom is -0.338 e. The summed E-state index contributed by atoms with van der Waals surface area (Å²) in [5.74, 6) is 0. The van der Waals surface area contributed by atoms with Crippen LogP contribution in [0.15, 0.2) is 0 Å². The standard InChI is InChI=1S/C5H14NO4/c1-2-3-4-5(7)6(8,9)10/h5,7-10H,2-4H2,1H3/q+1. The number of unbranched alkanes of at least 4 members (excludes halogenated alkanes) is 1. The van der Waals surface area contributed by atoms with Crippen LogP contribution in [0.3, 0.4) is 0 Å². The molecule has 0 aliphatic rings. The first kappa shape index (κ1) is 9.80. The Kier molecular flexibility index (Phi) is 3.77. The lowest BCUT2D eigenvalue weighted by molar-refractivity contribution is -1.39. The molecule has 0 rings (SSSR count).